The molecule has 0 aromatic rings. The molecule has 0 N–H and O–H groups in total. The van der Waals surface area contributed by atoms with E-state index in [-0.39, 0.29) is 0 Å². The summed E-state index contributed by atoms with van der Waals surface area (Å²) < 4.78 is 5.45. The molecule has 2 heteroatoms. The first-order valence-electron chi connectivity index (χ1n) is 5.65. The molecule has 0 amide bonds. The van der Waals surface area contributed by atoms with Gasteiger partial charge in [0.15, 0.2) is 0 Å². The van der Waals surface area contributed by atoms with Crippen molar-refractivity contribution in [3.63, 3.8) is 0 Å². The van der Waals surface area contributed by atoms with E-state index in [0.717, 1.165) is 13.2 Å². The fourth-order valence-corrected chi connectivity index (χ4v) is 2.79. The van der Waals surface area contributed by atoms with Gasteiger partial charge in [0.2, 0.25) is 0 Å². The predicted molar refractivity (Wildman–Crippen MR) is 53.8 cm³/mol. The Bertz CT molecular complexity index is 158. The third-order valence-corrected chi connectivity index (χ3v) is 3.74. The van der Waals surface area contributed by atoms with Crippen LogP contribution in [0, 0.1) is 5.41 Å². The van der Waals surface area contributed by atoms with E-state index in [9.17, 15) is 0 Å². The topological polar surface area (TPSA) is 12.5 Å². The molecule has 2 heterocycles. The number of likely N-dealkylation sites (tertiary alicyclic amines) is 1. The van der Waals surface area contributed by atoms with Gasteiger partial charge in [0, 0.05) is 19.8 Å². The maximum Gasteiger partial charge on any atom is 0.0471 e. The van der Waals surface area contributed by atoms with E-state index in [1.165, 1.54) is 45.3 Å². The van der Waals surface area contributed by atoms with Gasteiger partial charge in [-0.3, -0.25) is 0 Å². The Balaban J connectivity index is 1.95. The third-order valence-electron chi connectivity index (χ3n) is 3.74. The zero-order valence-corrected chi connectivity index (χ0v) is 8.72. The molecule has 0 aliphatic carbocycles. The molecule has 0 radical (unpaired) electrons. The van der Waals surface area contributed by atoms with Gasteiger partial charge in [0.25, 0.3) is 0 Å². The van der Waals surface area contributed by atoms with Crippen LogP contribution in [0.2, 0.25) is 0 Å². The van der Waals surface area contributed by atoms with Crippen molar-refractivity contribution >= 4 is 0 Å². The summed E-state index contributed by atoms with van der Waals surface area (Å²) in [6.07, 6.45) is 5.42. The first kappa shape index (κ1) is 9.47. The minimum Gasteiger partial charge on any atom is -0.381 e. The second-order valence-electron chi connectivity index (χ2n) is 4.58. The van der Waals surface area contributed by atoms with Crippen LogP contribution in [0.4, 0.5) is 0 Å². The highest BCUT2D eigenvalue weighted by Gasteiger charge is 2.36. The minimum atomic E-state index is 0.631. The summed E-state index contributed by atoms with van der Waals surface area (Å²) in [7, 11) is 0. The maximum atomic E-state index is 5.45. The molecule has 2 aliphatic heterocycles. The molecule has 0 atom stereocenters. The van der Waals surface area contributed by atoms with Crippen molar-refractivity contribution in [2.24, 2.45) is 5.41 Å². The summed E-state index contributed by atoms with van der Waals surface area (Å²) in [6.45, 7) is 8.14. The Morgan fingerprint density at radius 1 is 1.23 bits per heavy atom. The Hall–Kier alpha value is -0.0800. The van der Waals surface area contributed by atoms with Gasteiger partial charge in [-0.05, 0) is 44.2 Å². The molecule has 2 fully saturated rings. The third kappa shape index (κ3) is 2.05. The van der Waals surface area contributed by atoms with Crippen LogP contribution in [-0.4, -0.2) is 37.7 Å². The lowest BCUT2D eigenvalue weighted by Gasteiger charge is -2.44. The molecule has 0 unspecified atom stereocenters. The molecule has 2 saturated heterocycles. The number of nitrogens with zero attached hydrogens (tertiary/aromatic N) is 1. The number of hydrogen-bond donors (Lipinski definition) is 0. The lowest BCUT2D eigenvalue weighted by molar-refractivity contribution is -0.0261. The van der Waals surface area contributed by atoms with Crippen molar-refractivity contribution in [1.29, 1.82) is 0 Å². The summed E-state index contributed by atoms with van der Waals surface area (Å²) in [5.41, 5.74) is 0.631. The minimum absolute atomic E-state index is 0.631. The first-order valence-corrected chi connectivity index (χ1v) is 5.65. The van der Waals surface area contributed by atoms with Gasteiger partial charge in [0.1, 0.15) is 0 Å². The van der Waals surface area contributed by atoms with Gasteiger partial charge < -0.3 is 9.64 Å². The molecule has 76 valence electrons. The molecule has 0 aromatic heterocycles. The molecule has 0 bridgehead atoms. The molecule has 2 nitrogen and oxygen atoms in total. The van der Waals surface area contributed by atoms with Crippen LogP contribution < -0.4 is 0 Å². The molecular weight excluding hydrogens is 162 g/mol. The van der Waals surface area contributed by atoms with Crippen LogP contribution in [0.3, 0.4) is 0 Å². The van der Waals surface area contributed by atoms with Crippen molar-refractivity contribution < 1.29 is 4.74 Å². The Morgan fingerprint density at radius 2 is 2.00 bits per heavy atom. The zero-order valence-electron chi connectivity index (χ0n) is 8.72. The van der Waals surface area contributed by atoms with Gasteiger partial charge in [-0.1, -0.05) is 6.92 Å². The van der Waals surface area contributed by atoms with Crippen LogP contribution in [0.15, 0.2) is 0 Å². The Kier molecular flexibility index (Phi) is 2.89. The highest BCUT2D eigenvalue weighted by atomic mass is 16.5. The van der Waals surface area contributed by atoms with E-state index in [0.29, 0.717) is 5.41 Å². The van der Waals surface area contributed by atoms with Gasteiger partial charge in [-0.25, -0.2) is 0 Å². The number of hydrogen-bond acceptors (Lipinski definition) is 2. The van der Waals surface area contributed by atoms with E-state index in [1.807, 2.05) is 0 Å². The van der Waals surface area contributed by atoms with Crippen molar-refractivity contribution in [1.82, 2.24) is 4.90 Å². The normalized spacial score (nSPS) is 29.3. The van der Waals surface area contributed by atoms with Gasteiger partial charge >= 0.3 is 0 Å². The van der Waals surface area contributed by atoms with E-state index in [2.05, 4.69) is 11.8 Å². The van der Waals surface area contributed by atoms with Crippen molar-refractivity contribution in [2.45, 2.75) is 32.6 Å². The largest absolute Gasteiger partial charge is 0.381 e. The second-order valence-corrected chi connectivity index (χ2v) is 4.58. The Morgan fingerprint density at radius 3 is 2.69 bits per heavy atom. The SMILES string of the molecule is CCN1CCCC2(CCOCC2)C1. The lowest BCUT2D eigenvalue weighted by atomic mass is 9.74. The summed E-state index contributed by atoms with van der Waals surface area (Å²) in [5.74, 6) is 0. The maximum absolute atomic E-state index is 5.45. The fraction of sp³-hybridized carbons (Fsp3) is 1.00. The standard InChI is InChI=1S/C11H21NO/c1-2-12-7-3-4-11(10-12)5-8-13-9-6-11/h2-10H2,1H3. The van der Waals surface area contributed by atoms with Crippen LogP contribution in [0.25, 0.3) is 0 Å². The van der Waals surface area contributed by atoms with E-state index >= 15 is 0 Å². The van der Waals surface area contributed by atoms with Crippen LogP contribution in [0.5, 0.6) is 0 Å². The molecule has 13 heavy (non-hydrogen) atoms. The highest BCUT2D eigenvalue weighted by molar-refractivity contribution is 4.88. The quantitative estimate of drug-likeness (QED) is 0.615. The molecule has 0 saturated carbocycles. The van der Waals surface area contributed by atoms with Crippen molar-refractivity contribution in [2.75, 3.05) is 32.8 Å². The van der Waals surface area contributed by atoms with Crippen LogP contribution in [0.1, 0.15) is 32.6 Å². The monoisotopic (exact) mass is 183 g/mol. The summed E-state index contributed by atoms with van der Waals surface area (Å²) in [5, 5.41) is 0. The van der Waals surface area contributed by atoms with E-state index in [4.69, 9.17) is 4.74 Å². The molecule has 0 aromatic carbocycles. The highest BCUT2D eigenvalue weighted by Crippen LogP contribution is 2.38. The van der Waals surface area contributed by atoms with Gasteiger partial charge in [0.05, 0.1) is 0 Å². The molecule has 1 spiro atoms. The van der Waals surface area contributed by atoms with Crippen LogP contribution >= 0.6 is 0 Å². The van der Waals surface area contributed by atoms with Crippen molar-refractivity contribution in [3.05, 3.63) is 0 Å². The number of piperidine rings is 1. The average Bonchev–Trinajstić information content (AvgIpc) is 2.19. The average molecular weight is 183 g/mol. The summed E-state index contributed by atoms with van der Waals surface area (Å²) in [6, 6.07) is 0. The summed E-state index contributed by atoms with van der Waals surface area (Å²) >= 11 is 0. The summed E-state index contributed by atoms with van der Waals surface area (Å²) in [4.78, 5) is 2.61. The number of ether oxygens (including phenoxy) is 1. The number of rotatable bonds is 1. The second kappa shape index (κ2) is 3.97. The zero-order chi connectivity index (χ0) is 9.15. The Labute approximate surface area is 81.3 Å². The van der Waals surface area contributed by atoms with E-state index in [1.54, 1.807) is 0 Å². The predicted octanol–water partition coefficient (Wildman–Crippen LogP) is 1.90. The fourth-order valence-electron chi connectivity index (χ4n) is 2.79. The molecular formula is C11H21NO. The van der Waals surface area contributed by atoms with Gasteiger partial charge in [-0.2, -0.15) is 0 Å². The van der Waals surface area contributed by atoms with Crippen LogP contribution in [-0.2, 0) is 4.74 Å². The lowest BCUT2D eigenvalue weighted by Crippen LogP contribution is -2.45. The van der Waals surface area contributed by atoms with E-state index < -0.39 is 0 Å². The molecule has 2 aliphatic rings. The molecule has 2 rings (SSSR count). The van der Waals surface area contributed by atoms with Gasteiger partial charge in [-0.15, -0.1) is 0 Å². The van der Waals surface area contributed by atoms with Crippen molar-refractivity contribution in [3.8, 4) is 0 Å². The first-order chi connectivity index (χ1) is 6.35. The smallest absolute Gasteiger partial charge is 0.0471 e.